The van der Waals surface area contributed by atoms with Crippen molar-refractivity contribution in [3.63, 3.8) is 0 Å². The number of hydrogen-bond donors (Lipinski definition) is 0. The van der Waals surface area contributed by atoms with Gasteiger partial charge in [-0.2, -0.15) is 5.10 Å². The zero-order valence-corrected chi connectivity index (χ0v) is 13.5. The van der Waals surface area contributed by atoms with Crippen LogP contribution in [0.1, 0.15) is 0 Å². The normalized spacial score (nSPS) is 10.9. The van der Waals surface area contributed by atoms with Crippen LogP contribution >= 0.6 is 34.7 Å². The lowest BCUT2D eigenvalue weighted by Crippen LogP contribution is -1.92. The fourth-order valence-electron chi connectivity index (χ4n) is 2.18. The summed E-state index contributed by atoms with van der Waals surface area (Å²) in [6, 6.07) is 12.0. The van der Waals surface area contributed by atoms with Crippen LogP contribution < -0.4 is 0 Å². The standard InChI is InChI=1S/C15H13ClN2S2/c1-18-14(12-4-3-9-20-12)15(19-2)13(17-18)10-5-7-11(16)8-6-10/h3-9H,1-2H3. The molecule has 2 heterocycles. The van der Waals surface area contributed by atoms with E-state index in [4.69, 9.17) is 16.7 Å². The molecule has 0 fully saturated rings. The summed E-state index contributed by atoms with van der Waals surface area (Å²) in [5.74, 6) is 0. The molecular formula is C15H13ClN2S2. The molecule has 20 heavy (non-hydrogen) atoms. The van der Waals surface area contributed by atoms with E-state index in [0.717, 1.165) is 16.3 Å². The minimum atomic E-state index is 0.744. The second-order valence-electron chi connectivity index (χ2n) is 4.34. The molecule has 0 N–H and O–H groups in total. The first-order valence-corrected chi connectivity index (χ1v) is 8.59. The summed E-state index contributed by atoms with van der Waals surface area (Å²) in [6.07, 6.45) is 2.09. The summed E-state index contributed by atoms with van der Waals surface area (Å²) >= 11 is 9.43. The molecule has 0 aliphatic heterocycles. The number of thiophene rings is 1. The van der Waals surface area contributed by atoms with Gasteiger partial charge in [-0.1, -0.05) is 29.8 Å². The van der Waals surface area contributed by atoms with Crippen LogP contribution in [0.4, 0.5) is 0 Å². The average Bonchev–Trinajstić information content (AvgIpc) is 3.06. The first kappa shape index (κ1) is 13.7. The Kier molecular flexibility index (Phi) is 3.87. The van der Waals surface area contributed by atoms with Gasteiger partial charge in [-0.15, -0.1) is 23.1 Å². The zero-order chi connectivity index (χ0) is 14.1. The summed E-state index contributed by atoms with van der Waals surface area (Å²) < 4.78 is 1.96. The van der Waals surface area contributed by atoms with E-state index in [1.807, 2.05) is 36.0 Å². The van der Waals surface area contributed by atoms with E-state index in [1.54, 1.807) is 23.1 Å². The van der Waals surface area contributed by atoms with E-state index < -0.39 is 0 Å². The van der Waals surface area contributed by atoms with Crippen molar-refractivity contribution in [3.8, 4) is 21.8 Å². The Balaban J connectivity index is 2.18. The van der Waals surface area contributed by atoms with Crippen LogP contribution in [0.2, 0.25) is 5.02 Å². The molecule has 0 saturated heterocycles. The van der Waals surface area contributed by atoms with Gasteiger partial charge in [0.15, 0.2) is 0 Å². The second kappa shape index (κ2) is 5.64. The van der Waals surface area contributed by atoms with Gasteiger partial charge in [0.25, 0.3) is 0 Å². The Bertz CT molecular complexity index is 715. The van der Waals surface area contributed by atoms with Crippen LogP contribution in [0.15, 0.2) is 46.7 Å². The minimum Gasteiger partial charge on any atom is -0.265 e. The number of hydrogen-bond acceptors (Lipinski definition) is 3. The van der Waals surface area contributed by atoms with Gasteiger partial charge in [0.1, 0.15) is 5.69 Å². The third-order valence-corrected chi connectivity index (χ3v) is 5.00. The molecule has 2 nitrogen and oxygen atoms in total. The third-order valence-electron chi connectivity index (χ3n) is 3.08. The van der Waals surface area contributed by atoms with Crippen LogP contribution in [-0.2, 0) is 7.05 Å². The number of halogens is 1. The van der Waals surface area contributed by atoms with Gasteiger partial charge in [-0.25, -0.2) is 0 Å². The molecule has 0 aliphatic rings. The molecule has 0 amide bonds. The smallest absolute Gasteiger partial charge is 0.107 e. The van der Waals surface area contributed by atoms with E-state index in [2.05, 4.69) is 23.8 Å². The van der Waals surface area contributed by atoms with Crippen LogP contribution in [0.5, 0.6) is 0 Å². The zero-order valence-electron chi connectivity index (χ0n) is 11.1. The number of thioether (sulfide) groups is 1. The van der Waals surface area contributed by atoms with Crippen LogP contribution in [0.3, 0.4) is 0 Å². The second-order valence-corrected chi connectivity index (χ2v) is 6.54. The molecule has 0 aliphatic carbocycles. The number of rotatable bonds is 3. The predicted octanol–water partition coefficient (Wildman–Crippen LogP) is 5.19. The largest absolute Gasteiger partial charge is 0.265 e. The Morgan fingerprint density at radius 1 is 1.20 bits per heavy atom. The van der Waals surface area contributed by atoms with Crippen LogP contribution in [-0.4, -0.2) is 16.0 Å². The first-order chi connectivity index (χ1) is 9.70. The number of benzene rings is 1. The molecule has 3 rings (SSSR count). The van der Waals surface area contributed by atoms with Crippen molar-refractivity contribution >= 4 is 34.7 Å². The maximum atomic E-state index is 5.96. The third kappa shape index (κ3) is 2.39. The predicted molar refractivity (Wildman–Crippen MR) is 88.7 cm³/mol. The lowest BCUT2D eigenvalue weighted by molar-refractivity contribution is 0.779. The molecule has 0 radical (unpaired) electrons. The topological polar surface area (TPSA) is 17.8 Å². The highest BCUT2D eigenvalue weighted by atomic mass is 35.5. The fourth-order valence-corrected chi connectivity index (χ4v) is 3.96. The monoisotopic (exact) mass is 320 g/mol. The Morgan fingerprint density at radius 2 is 1.95 bits per heavy atom. The molecule has 5 heteroatoms. The molecule has 1 aromatic carbocycles. The first-order valence-electron chi connectivity index (χ1n) is 6.11. The van der Waals surface area contributed by atoms with Gasteiger partial charge in [0.05, 0.1) is 15.5 Å². The van der Waals surface area contributed by atoms with Crippen LogP contribution in [0, 0.1) is 0 Å². The van der Waals surface area contributed by atoms with E-state index in [1.165, 1.54) is 15.5 Å². The minimum absolute atomic E-state index is 0.744. The van der Waals surface area contributed by atoms with Crippen molar-refractivity contribution in [2.24, 2.45) is 7.05 Å². The lowest BCUT2D eigenvalue weighted by Gasteiger charge is -2.02. The van der Waals surface area contributed by atoms with Crippen LogP contribution in [0.25, 0.3) is 21.8 Å². The number of nitrogens with zero attached hydrogens (tertiary/aromatic N) is 2. The van der Waals surface area contributed by atoms with E-state index in [9.17, 15) is 0 Å². The van der Waals surface area contributed by atoms with E-state index in [-0.39, 0.29) is 0 Å². The molecule has 102 valence electrons. The summed E-state index contributed by atoms with van der Waals surface area (Å²) in [5, 5.41) is 7.53. The summed E-state index contributed by atoms with van der Waals surface area (Å²) in [4.78, 5) is 2.45. The Morgan fingerprint density at radius 3 is 2.55 bits per heavy atom. The SMILES string of the molecule is CSc1c(-c2ccc(Cl)cc2)nn(C)c1-c1cccs1. The maximum Gasteiger partial charge on any atom is 0.107 e. The highest BCUT2D eigenvalue weighted by Gasteiger charge is 2.18. The summed E-state index contributed by atoms with van der Waals surface area (Å²) in [7, 11) is 1.99. The molecule has 0 atom stereocenters. The lowest BCUT2D eigenvalue weighted by atomic mass is 10.1. The quantitative estimate of drug-likeness (QED) is 0.618. The van der Waals surface area contributed by atoms with Crippen molar-refractivity contribution in [1.82, 2.24) is 9.78 Å². The van der Waals surface area contributed by atoms with E-state index in [0.29, 0.717) is 0 Å². The van der Waals surface area contributed by atoms with Gasteiger partial charge >= 0.3 is 0 Å². The fraction of sp³-hybridized carbons (Fsp3) is 0.133. The van der Waals surface area contributed by atoms with Gasteiger partial charge in [0, 0.05) is 17.6 Å². The van der Waals surface area contributed by atoms with Gasteiger partial charge in [-0.3, -0.25) is 4.68 Å². The Labute approximate surface area is 131 Å². The maximum absolute atomic E-state index is 5.96. The molecule has 0 bridgehead atoms. The van der Waals surface area contributed by atoms with E-state index >= 15 is 0 Å². The van der Waals surface area contributed by atoms with Crippen molar-refractivity contribution in [2.45, 2.75) is 4.90 Å². The Hall–Kier alpha value is -1.23. The van der Waals surface area contributed by atoms with Gasteiger partial charge in [0.2, 0.25) is 0 Å². The summed E-state index contributed by atoms with van der Waals surface area (Å²) in [6.45, 7) is 0. The molecule has 0 unspecified atom stereocenters. The highest BCUT2D eigenvalue weighted by molar-refractivity contribution is 7.98. The van der Waals surface area contributed by atoms with Crippen molar-refractivity contribution in [3.05, 3.63) is 46.8 Å². The molecular weight excluding hydrogens is 308 g/mol. The number of aromatic nitrogens is 2. The van der Waals surface area contributed by atoms with Crippen molar-refractivity contribution in [1.29, 1.82) is 0 Å². The van der Waals surface area contributed by atoms with Gasteiger partial charge in [-0.05, 0) is 29.8 Å². The van der Waals surface area contributed by atoms with Gasteiger partial charge < -0.3 is 0 Å². The average molecular weight is 321 g/mol. The number of aryl methyl sites for hydroxylation is 1. The molecule has 2 aromatic heterocycles. The van der Waals surface area contributed by atoms with Crippen molar-refractivity contribution in [2.75, 3.05) is 6.26 Å². The summed E-state index contributed by atoms with van der Waals surface area (Å²) in [5.41, 5.74) is 3.29. The molecule has 0 saturated carbocycles. The van der Waals surface area contributed by atoms with Crippen molar-refractivity contribution < 1.29 is 0 Å². The highest BCUT2D eigenvalue weighted by Crippen LogP contribution is 2.39. The molecule has 0 spiro atoms. The molecule has 3 aromatic rings.